The molecule has 186 valence electrons. The number of hydrogen-bond donors (Lipinski definition) is 2. The van der Waals surface area contributed by atoms with Gasteiger partial charge in [-0.15, -0.1) is 0 Å². The quantitative estimate of drug-likeness (QED) is 0.474. The van der Waals surface area contributed by atoms with E-state index in [1.807, 2.05) is 27.7 Å². The smallest absolute Gasteiger partial charge is 0.243 e. The molecule has 1 aromatic rings. The zero-order valence-corrected chi connectivity index (χ0v) is 20.7. The molecule has 0 unspecified atom stereocenters. The Hall–Kier alpha value is -2.04. The predicted octanol–water partition coefficient (Wildman–Crippen LogP) is 2.59. The van der Waals surface area contributed by atoms with Crippen molar-refractivity contribution in [2.45, 2.75) is 82.4 Å². The standard InChI is InChI=1S/C23H36FN3O5S/c1-5-8-20(22(29)26-23(3,4)6-2)27(16-18-9-7-14-32-18)21(28)15-25-33(30,31)19-12-10-17(24)11-13-19/h10-13,18,20,25H,5-9,14-16H2,1-4H3,(H,26,29)/t18-,20+/m0/s1. The number of amides is 2. The topological polar surface area (TPSA) is 105 Å². The summed E-state index contributed by atoms with van der Waals surface area (Å²) in [6.45, 7) is 8.01. The van der Waals surface area contributed by atoms with E-state index >= 15 is 0 Å². The summed E-state index contributed by atoms with van der Waals surface area (Å²) >= 11 is 0. The molecule has 1 aliphatic heterocycles. The highest BCUT2D eigenvalue weighted by molar-refractivity contribution is 7.89. The molecule has 0 spiro atoms. The van der Waals surface area contributed by atoms with Crippen LogP contribution in [0.4, 0.5) is 4.39 Å². The Kier molecular flexibility index (Phi) is 9.81. The maximum atomic E-state index is 13.2. The van der Waals surface area contributed by atoms with E-state index < -0.39 is 39.9 Å². The summed E-state index contributed by atoms with van der Waals surface area (Å²) in [5.74, 6) is -1.34. The maximum Gasteiger partial charge on any atom is 0.243 e. The third-order valence-electron chi connectivity index (χ3n) is 5.87. The number of hydrogen-bond acceptors (Lipinski definition) is 5. The van der Waals surface area contributed by atoms with Crippen molar-refractivity contribution >= 4 is 21.8 Å². The van der Waals surface area contributed by atoms with Gasteiger partial charge in [0.25, 0.3) is 0 Å². The minimum atomic E-state index is -4.02. The predicted molar refractivity (Wildman–Crippen MR) is 123 cm³/mol. The Morgan fingerprint density at radius 1 is 1.24 bits per heavy atom. The van der Waals surface area contributed by atoms with E-state index in [-0.39, 0.29) is 23.5 Å². The highest BCUT2D eigenvalue weighted by atomic mass is 32.2. The highest BCUT2D eigenvalue weighted by Gasteiger charge is 2.34. The zero-order chi connectivity index (χ0) is 24.6. The van der Waals surface area contributed by atoms with Gasteiger partial charge in [0.2, 0.25) is 21.8 Å². The first-order chi connectivity index (χ1) is 15.5. The molecule has 0 saturated carbocycles. The van der Waals surface area contributed by atoms with E-state index in [1.54, 1.807) is 0 Å². The van der Waals surface area contributed by atoms with Gasteiger partial charge in [-0.05, 0) is 63.8 Å². The van der Waals surface area contributed by atoms with Crippen molar-refractivity contribution in [2.24, 2.45) is 0 Å². The number of sulfonamides is 1. The van der Waals surface area contributed by atoms with Crippen molar-refractivity contribution in [3.05, 3.63) is 30.1 Å². The van der Waals surface area contributed by atoms with Crippen molar-refractivity contribution in [1.29, 1.82) is 0 Å². The Bertz CT molecular complexity index is 899. The normalized spacial score (nSPS) is 17.5. The summed E-state index contributed by atoms with van der Waals surface area (Å²) in [5, 5.41) is 3.01. The number of nitrogens with zero attached hydrogens (tertiary/aromatic N) is 1. The lowest BCUT2D eigenvalue weighted by atomic mass is 10.00. The maximum absolute atomic E-state index is 13.2. The van der Waals surface area contributed by atoms with Gasteiger partial charge < -0.3 is 15.0 Å². The molecule has 1 aromatic carbocycles. The number of halogens is 1. The van der Waals surface area contributed by atoms with Gasteiger partial charge >= 0.3 is 0 Å². The number of rotatable bonds is 12. The minimum Gasteiger partial charge on any atom is -0.376 e. The molecule has 2 rings (SSSR count). The average Bonchev–Trinajstić information content (AvgIpc) is 3.28. The first kappa shape index (κ1) is 27.2. The molecule has 2 N–H and O–H groups in total. The summed E-state index contributed by atoms with van der Waals surface area (Å²) in [5.41, 5.74) is -0.439. The largest absolute Gasteiger partial charge is 0.376 e. The Balaban J connectivity index is 2.21. The second-order valence-electron chi connectivity index (χ2n) is 8.99. The Morgan fingerprint density at radius 3 is 2.45 bits per heavy atom. The lowest BCUT2D eigenvalue weighted by Crippen LogP contribution is -2.57. The van der Waals surface area contributed by atoms with Crippen LogP contribution in [0.25, 0.3) is 0 Å². The van der Waals surface area contributed by atoms with Crippen molar-refractivity contribution in [1.82, 2.24) is 14.9 Å². The molecule has 8 nitrogen and oxygen atoms in total. The lowest BCUT2D eigenvalue weighted by Gasteiger charge is -2.35. The van der Waals surface area contributed by atoms with E-state index in [9.17, 15) is 22.4 Å². The van der Waals surface area contributed by atoms with Crippen LogP contribution in [0.3, 0.4) is 0 Å². The summed E-state index contributed by atoms with van der Waals surface area (Å²) in [7, 11) is -4.02. The number of carbonyl (C=O) groups is 2. The zero-order valence-electron chi connectivity index (χ0n) is 19.9. The van der Waals surface area contributed by atoms with Gasteiger partial charge in [0.15, 0.2) is 0 Å². The minimum absolute atomic E-state index is 0.144. The first-order valence-corrected chi connectivity index (χ1v) is 13.0. The van der Waals surface area contributed by atoms with Crippen molar-refractivity contribution < 1.29 is 27.1 Å². The second kappa shape index (κ2) is 11.9. The summed E-state index contributed by atoms with van der Waals surface area (Å²) in [4.78, 5) is 27.7. The van der Waals surface area contributed by atoms with E-state index in [1.165, 1.54) is 4.90 Å². The number of ether oxygens (including phenoxy) is 1. The monoisotopic (exact) mass is 485 g/mol. The van der Waals surface area contributed by atoms with Crippen LogP contribution in [0, 0.1) is 5.82 Å². The molecule has 2 amide bonds. The van der Waals surface area contributed by atoms with Crippen molar-refractivity contribution in [2.75, 3.05) is 19.7 Å². The number of nitrogens with one attached hydrogen (secondary N) is 2. The number of carbonyl (C=O) groups excluding carboxylic acids is 2. The van der Waals surface area contributed by atoms with Gasteiger partial charge in [-0.2, -0.15) is 0 Å². The molecular weight excluding hydrogens is 449 g/mol. The molecule has 0 radical (unpaired) electrons. The van der Waals surface area contributed by atoms with Gasteiger partial charge in [0.1, 0.15) is 11.9 Å². The van der Waals surface area contributed by atoms with E-state index in [4.69, 9.17) is 4.74 Å². The Labute approximate surface area is 196 Å². The summed E-state index contributed by atoms with van der Waals surface area (Å²) < 4.78 is 46.2. The summed E-state index contributed by atoms with van der Waals surface area (Å²) in [6.07, 6.45) is 3.27. The third kappa shape index (κ3) is 8.04. The fourth-order valence-corrected chi connectivity index (χ4v) is 4.55. The molecule has 0 bridgehead atoms. The lowest BCUT2D eigenvalue weighted by molar-refractivity contribution is -0.142. The van der Waals surface area contributed by atoms with Crippen molar-refractivity contribution in [3.63, 3.8) is 0 Å². The first-order valence-electron chi connectivity index (χ1n) is 11.5. The van der Waals surface area contributed by atoms with E-state index in [0.717, 1.165) is 43.5 Å². The van der Waals surface area contributed by atoms with Gasteiger partial charge in [0, 0.05) is 18.7 Å². The molecule has 1 saturated heterocycles. The molecule has 1 fully saturated rings. The van der Waals surface area contributed by atoms with Crippen molar-refractivity contribution in [3.8, 4) is 0 Å². The van der Waals surface area contributed by atoms with Crippen LogP contribution in [-0.2, 0) is 24.3 Å². The fraction of sp³-hybridized carbons (Fsp3) is 0.652. The second-order valence-corrected chi connectivity index (χ2v) is 10.8. The van der Waals surface area contributed by atoms with Gasteiger partial charge in [0.05, 0.1) is 17.5 Å². The molecular formula is C23H36FN3O5S. The average molecular weight is 486 g/mol. The number of benzene rings is 1. The van der Waals surface area contributed by atoms with Crippen LogP contribution in [0.5, 0.6) is 0 Å². The van der Waals surface area contributed by atoms with Crippen LogP contribution < -0.4 is 10.0 Å². The fourth-order valence-electron chi connectivity index (χ4n) is 3.57. The van der Waals surface area contributed by atoms with Gasteiger partial charge in [-0.25, -0.2) is 17.5 Å². The molecule has 33 heavy (non-hydrogen) atoms. The van der Waals surface area contributed by atoms with Gasteiger partial charge in [-0.3, -0.25) is 9.59 Å². The van der Waals surface area contributed by atoms with Crippen LogP contribution in [0.15, 0.2) is 29.2 Å². The molecule has 1 heterocycles. The van der Waals surface area contributed by atoms with Crippen LogP contribution in [0.1, 0.15) is 59.8 Å². The molecule has 2 atom stereocenters. The third-order valence-corrected chi connectivity index (χ3v) is 7.29. The highest BCUT2D eigenvalue weighted by Crippen LogP contribution is 2.19. The molecule has 10 heteroatoms. The van der Waals surface area contributed by atoms with Crippen LogP contribution in [-0.4, -0.2) is 62.5 Å². The van der Waals surface area contributed by atoms with Gasteiger partial charge in [-0.1, -0.05) is 20.3 Å². The molecule has 0 aromatic heterocycles. The van der Waals surface area contributed by atoms with E-state index in [0.29, 0.717) is 19.4 Å². The van der Waals surface area contributed by atoms with Crippen LogP contribution >= 0.6 is 0 Å². The SMILES string of the molecule is CCC[C@H](C(=O)NC(C)(C)CC)N(C[C@@H]1CCCO1)C(=O)CNS(=O)(=O)c1ccc(F)cc1. The Morgan fingerprint density at radius 2 is 1.91 bits per heavy atom. The summed E-state index contributed by atoms with van der Waals surface area (Å²) in [6, 6.07) is 3.60. The van der Waals surface area contributed by atoms with E-state index in [2.05, 4.69) is 10.0 Å². The molecule has 0 aliphatic carbocycles. The molecule has 1 aliphatic rings. The van der Waals surface area contributed by atoms with Crippen LogP contribution in [0.2, 0.25) is 0 Å².